The topological polar surface area (TPSA) is 72.8 Å². The minimum Gasteiger partial charge on any atom is -0.396 e. The second-order valence-corrected chi connectivity index (χ2v) is 5.92. The van der Waals surface area contributed by atoms with E-state index in [0.29, 0.717) is 13.1 Å². The SMILES string of the molecule is CC(C(=O)NCc1ccccc1)N(C)CC(C)(CO)CO. The first kappa shape index (κ1) is 17.6. The maximum atomic E-state index is 12.1. The smallest absolute Gasteiger partial charge is 0.237 e. The van der Waals surface area contributed by atoms with Crippen LogP contribution in [0.15, 0.2) is 30.3 Å². The average Bonchev–Trinajstić information content (AvgIpc) is 2.52. The number of nitrogens with zero attached hydrogens (tertiary/aromatic N) is 1. The summed E-state index contributed by atoms with van der Waals surface area (Å²) in [5, 5.41) is 21.5. The monoisotopic (exact) mass is 294 g/mol. The fourth-order valence-corrected chi connectivity index (χ4v) is 2.02. The van der Waals surface area contributed by atoms with Gasteiger partial charge in [0, 0.05) is 18.5 Å². The van der Waals surface area contributed by atoms with Gasteiger partial charge in [0.05, 0.1) is 19.3 Å². The maximum absolute atomic E-state index is 12.1. The van der Waals surface area contributed by atoms with Gasteiger partial charge in [0.15, 0.2) is 0 Å². The molecule has 0 saturated heterocycles. The number of aliphatic hydroxyl groups excluding tert-OH is 2. The molecule has 5 nitrogen and oxygen atoms in total. The molecule has 0 aliphatic rings. The number of likely N-dealkylation sites (N-methyl/N-ethyl adjacent to an activating group) is 1. The van der Waals surface area contributed by atoms with Gasteiger partial charge >= 0.3 is 0 Å². The van der Waals surface area contributed by atoms with E-state index in [4.69, 9.17) is 0 Å². The Hall–Kier alpha value is -1.43. The van der Waals surface area contributed by atoms with Crippen LogP contribution in [-0.4, -0.2) is 53.9 Å². The Bertz CT molecular complexity index is 432. The molecular weight excluding hydrogens is 268 g/mol. The largest absolute Gasteiger partial charge is 0.396 e. The Morgan fingerprint density at radius 2 is 1.86 bits per heavy atom. The molecule has 1 unspecified atom stereocenters. The van der Waals surface area contributed by atoms with E-state index in [2.05, 4.69) is 5.32 Å². The van der Waals surface area contributed by atoms with E-state index in [-0.39, 0.29) is 25.2 Å². The molecule has 0 aromatic heterocycles. The van der Waals surface area contributed by atoms with E-state index in [9.17, 15) is 15.0 Å². The molecule has 21 heavy (non-hydrogen) atoms. The number of nitrogens with one attached hydrogen (secondary N) is 1. The van der Waals surface area contributed by atoms with Crippen LogP contribution in [0.25, 0.3) is 0 Å². The van der Waals surface area contributed by atoms with E-state index < -0.39 is 5.41 Å². The normalized spacial score (nSPS) is 13.2. The summed E-state index contributed by atoms with van der Waals surface area (Å²) in [5.74, 6) is -0.0698. The van der Waals surface area contributed by atoms with Crippen molar-refractivity contribution >= 4 is 5.91 Å². The van der Waals surface area contributed by atoms with Gasteiger partial charge in [-0.25, -0.2) is 0 Å². The molecule has 0 bridgehead atoms. The number of benzene rings is 1. The first-order chi connectivity index (χ1) is 9.91. The van der Waals surface area contributed by atoms with E-state index in [1.54, 1.807) is 6.92 Å². The van der Waals surface area contributed by atoms with Crippen LogP contribution < -0.4 is 5.32 Å². The average molecular weight is 294 g/mol. The molecule has 0 aliphatic heterocycles. The maximum Gasteiger partial charge on any atom is 0.237 e. The summed E-state index contributed by atoms with van der Waals surface area (Å²) in [6, 6.07) is 9.40. The fourth-order valence-electron chi connectivity index (χ4n) is 2.02. The van der Waals surface area contributed by atoms with Crippen molar-refractivity contribution < 1.29 is 15.0 Å². The highest BCUT2D eigenvalue weighted by Gasteiger charge is 2.28. The third-order valence-electron chi connectivity index (χ3n) is 3.74. The van der Waals surface area contributed by atoms with E-state index in [1.165, 1.54) is 0 Å². The van der Waals surface area contributed by atoms with Crippen LogP contribution in [0.4, 0.5) is 0 Å². The van der Waals surface area contributed by atoms with Crippen molar-refractivity contribution in [2.24, 2.45) is 5.41 Å². The molecule has 0 radical (unpaired) electrons. The van der Waals surface area contributed by atoms with Crippen LogP contribution in [-0.2, 0) is 11.3 Å². The van der Waals surface area contributed by atoms with Crippen LogP contribution in [0.2, 0.25) is 0 Å². The van der Waals surface area contributed by atoms with Gasteiger partial charge in [0.2, 0.25) is 5.91 Å². The highest BCUT2D eigenvalue weighted by atomic mass is 16.3. The quantitative estimate of drug-likeness (QED) is 0.657. The Morgan fingerprint density at radius 1 is 1.29 bits per heavy atom. The Kier molecular flexibility index (Phi) is 6.81. The summed E-state index contributed by atoms with van der Waals surface area (Å²) in [5.41, 5.74) is 0.444. The summed E-state index contributed by atoms with van der Waals surface area (Å²) >= 11 is 0. The summed E-state index contributed by atoms with van der Waals surface area (Å²) < 4.78 is 0. The Labute approximate surface area is 126 Å². The van der Waals surface area contributed by atoms with Gasteiger partial charge in [-0.05, 0) is 19.5 Å². The van der Waals surface area contributed by atoms with Gasteiger partial charge in [-0.3, -0.25) is 9.69 Å². The summed E-state index contributed by atoms with van der Waals surface area (Å²) in [6.07, 6.45) is 0. The minimum absolute atomic E-state index is 0.0698. The highest BCUT2D eigenvalue weighted by molar-refractivity contribution is 5.81. The zero-order valence-corrected chi connectivity index (χ0v) is 13.0. The lowest BCUT2D eigenvalue weighted by molar-refractivity contribution is -0.126. The molecule has 1 atom stereocenters. The second kappa shape index (κ2) is 8.12. The van der Waals surface area contributed by atoms with Crippen LogP contribution >= 0.6 is 0 Å². The number of carbonyl (C=O) groups is 1. The standard InChI is InChI=1S/C16H26N2O3/c1-13(18(3)10-16(2,11-19)12-20)15(21)17-9-14-7-5-4-6-8-14/h4-8,13,19-20H,9-12H2,1-3H3,(H,17,21). The van der Waals surface area contributed by atoms with Crippen molar-refractivity contribution in [3.8, 4) is 0 Å². The Balaban J connectivity index is 2.49. The third kappa shape index (κ3) is 5.46. The Morgan fingerprint density at radius 3 is 2.38 bits per heavy atom. The molecule has 0 saturated carbocycles. The second-order valence-electron chi connectivity index (χ2n) is 5.92. The number of rotatable bonds is 8. The van der Waals surface area contributed by atoms with Crippen molar-refractivity contribution in [2.45, 2.75) is 26.4 Å². The number of amides is 1. The molecule has 1 aromatic rings. The van der Waals surface area contributed by atoms with Crippen LogP contribution in [0, 0.1) is 5.41 Å². The molecule has 5 heteroatoms. The number of carbonyl (C=O) groups excluding carboxylic acids is 1. The van der Waals surface area contributed by atoms with Gasteiger partial charge < -0.3 is 15.5 Å². The van der Waals surface area contributed by atoms with E-state index in [0.717, 1.165) is 5.56 Å². The summed E-state index contributed by atoms with van der Waals surface area (Å²) in [7, 11) is 1.82. The molecule has 0 spiro atoms. The predicted octanol–water partition coefficient (Wildman–Crippen LogP) is 0.614. The highest BCUT2D eigenvalue weighted by Crippen LogP contribution is 2.16. The van der Waals surface area contributed by atoms with Crippen molar-refractivity contribution in [3.63, 3.8) is 0 Å². The molecule has 1 rings (SSSR count). The first-order valence-electron chi connectivity index (χ1n) is 7.15. The summed E-state index contributed by atoms with van der Waals surface area (Å²) in [6.45, 7) is 4.31. The lowest BCUT2D eigenvalue weighted by atomic mass is 9.92. The van der Waals surface area contributed by atoms with Gasteiger partial charge in [0.25, 0.3) is 0 Å². The molecule has 1 aromatic carbocycles. The molecule has 3 N–H and O–H groups in total. The van der Waals surface area contributed by atoms with Crippen molar-refractivity contribution in [1.82, 2.24) is 10.2 Å². The molecule has 1 amide bonds. The first-order valence-corrected chi connectivity index (χ1v) is 7.15. The zero-order valence-electron chi connectivity index (χ0n) is 13.0. The van der Waals surface area contributed by atoms with Gasteiger partial charge in [-0.2, -0.15) is 0 Å². The van der Waals surface area contributed by atoms with Crippen LogP contribution in [0.1, 0.15) is 19.4 Å². The van der Waals surface area contributed by atoms with E-state index in [1.807, 2.05) is 49.2 Å². The lowest BCUT2D eigenvalue weighted by Crippen LogP contribution is -2.48. The molecule has 118 valence electrons. The van der Waals surface area contributed by atoms with Gasteiger partial charge in [-0.1, -0.05) is 37.3 Å². The molecule has 0 aliphatic carbocycles. The zero-order chi connectivity index (χ0) is 15.9. The third-order valence-corrected chi connectivity index (χ3v) is 3.74. The van der Waals surface area contributed by atoms with Crippen molar-refractivity contribution in [3.05, 3.63) is 35.9 Å². The van der Waals surface area contributed by atoms with Crippen LogP contribution in [0.3, 0.4) is 0 Å². The minimum atomic E-state index is -0.608. The number of hydrogen-bond donors (Lipinski definition) is 3. The van der Waals surface area contributed by atoms with E-state index >= 15 is 0 Å². The predicted molar refractivity (Wildman–Crippen MR) is 82.7 cm³/mol. The molecule has 0 fully saturated rings. The lowest BCUT2D eigenvalue weighted by Gasteiger charge is -2.33. The van der Waals surface area contributed by atoms with Gasteiger partial charge in [0.1, 0.15) is 0 Å². The fraction of sp³-hybridized carbons (Fsp3) is 0.562. The van der Waals surface area contributed by atoms with Crippen molar-refractivity contribution in [2.75, 3.05) is 26.8 Å². The molecular formula is C16H26N2O3. The number of hydrogen-bond acceptors (Lipinski definition) is 4. The molecule has 0 heterocycles. The van der Waals surface area contributed by atoms with Crippen molar-refractivity contribution in [1.29, 1.82) is 0 Å². The van der Waals surface area contributed by atoms with Gasteiger partial charge in [-0.15, -0.1) is 0 Å². The summed E-state index contributed by atoms with van der Waals surface area (Å²) in [4.78, 5) is 14.0. The number of aliphatic hydroxyl groups is 2. The van der Waals surface area contributed by atoms with Crippen LogP contribution in [0.5, 0.6) is 0 Å².